The van der Waals surface area contributed by atoms with Gasteiger partial charge in [0.15, 0.2) is 0 Å². The topological polar surface area (TPSA) is 60.4 Å². The fourth-order valence-electron chi connectivity index (χ4n) is 2.81. The Labute approximate surface area is 161 Å². The normalized spacial score (nSPS) is 13.2. The van der Waals surface area contributed by atoms with Gasteiger partial charge in [-0.15, -0.1) is 0 Å². The van der Waals surface area contributed by atoms with Crippen molar-refractivity contribution in [2.75, 3.05) is 0 Å². The molecule has 0 amide bonds. The molecule has 2 aromatic carbocycles. The molecule has 0 radical (unpaired) electrons. The van der Waals surface area contributed by atoms with Crippen molar-refractivity contribution in [3.05, 3.63) is 77.2 Å². The Bertz CT molecular complexity index is 856. The average molecular weight is 387 g/mol. The maximum Gasteiger partial charge on any atom is 0.303 e. The van der Waals surface area contributed by atoms with Crippen molar-refractivity contribution in [3.8, 4) is 0 Å². The van der Waals surface area contributed by atoms with Crippen LogP contribution in [-0.4, -0.2) is 20.5 Å². The molecule has 0 spiro atoms. The molecule has 0 N–H and O–H groups in total. The standard InChI is InChI=1S/C22H26O4S/c1-3-4-13-22(27(24,25)21-14-9-6-10-15-21)17-20(26-18(2)23)16-19-11-7-5-8-12-19/h5-12,14-15,17,20H,3-4,13,16H2,1-2H3/b22-17-. The van der Waals surface area contributed by atoms with Gasteiger partial charge in [0.25, 0.3) is 0 Å². The minimum atomic E-state index is -3.63. The van der Waals surface area contributed by atoms with E-state index in [2.05, 4.69) is 0 Å². The van der Waals surface area contributed by atoms with Gasteiger partial charge in [-0.3, -0.25) is 4.79 Å². The van der Waals surface area contributed by atoms with Crippen LogP contribution in [0.2, 0.25) is 0 Å². The lowest BCUT2D eigenvalue weighted by Crippen LogP contribution is -2.19. The minimum Gasteiger partial charge on any atom is -0.458 e. The zero-order chi connectivity index (χ0) is 19.7. The molecule has 27 heavy (non-hydrogen) atoms. The summed E-state index contributed by atoms with van der Waals surface area (Å²) in [6, 6.07) is 18.0. The largest absolute Gasteiger partial charge is 0.458 e. The van der Waals surface area contributed by atoms with Crippen LogP contribution < -0.4 is 0 Å². The van der Waals surface area contributed by atoms with E-state index in [0.717, 1.165) is 18.4 Å². The quantitative estimate of drug-likeness (QED) is 0.586. The summed E-state index contributed by atoms with van der Waals surface area (Å²) in [7, 11) is -3.63. The second-order valence-electron chi connectivity index (χ2n) is 6.39. The highest BCUT2D eigenvalue weighted by molar-refractivity contribution is 7.95. The molecule has 0 saturated carbocycles. The monoisotopic (exact) mass is 386 g/mol. The second-order valence-corrected chi connectivity index (χ2v) is 8.39. The summed E-state index contributed by atoms with van der Waals surface area (Å²) in [5.41, 5.74) is 0.979. The number of hydrogen-bond donors (Lipinski definition) is 0. The predicted molar refractivity (Wildman–Crippen MR) is 107 cm³/mol. The van der Waals surface area contributed by atoms with Crippen molar-refractivity contribution in [2.24, 2.45) is 0 Å². The summed E-state index contributed by atoms with van der Waals surface area (Å²) < 4.78 is 31.6. The van der Waals surface area contributed by atoms with E-state index in [0.29, 0.717) is 17.7 Å². The number of hydrogen-bond acceptors (Lipinski definition) is 4. The Morgan fingerprint density at radius 1 is 1.04 bits per heavy atom. The van der Waals surface area contributed by atoms with Gasteiger partial charge in [0, 0.05) is 18.2 Å². The van der Waals surface area contributed by atoms with Gasteiger partial charge in [-0.25, -0.2) is 8.42 Å². The van der Waals surface area contributed by atoms with Crippen molar-refractivity contribution in [3.63, 3.8) is 0 Å². The first-order valence-electron chi connectivity index (χ1n) is 9.15. The summed E-state index contributed by atoms with van der Waals surface area (Å²) in [5.74, 6) is -0.431. The van der Waals surface area contributed by atoms with Crippen molar-refractivity contribution < 1.29 is 17.9 Å². The lowest BCUT2D eigenvalue weighted by molar-refractivity contribution is -0.144. The number of sulfone groups is 1. The zero-order valence-electron chi connectivity index (χ0n) is 15.8. The molecule has 2 rings (SSSR count). The molecule has 0 fully saturated rings. The maximum atomic E-state index is 13.1. The molecule has 1 unspecified atom stereocenters. The Morgan fingerprint density at radius 2 is 1.63 bits per heavy atom. The van der Waals surface area contributed by atoms with Crippen molar-refractivity contribution >= 4 is 15.8 Å². The smallest absolute Gasteiger partial charge is 0.303 e. The Kier molecular flexibility index (Phi) is 7.80. The fraction of sp³-hybridized carbons (Fsp3) is 0.318. The maximum absolute atomic E-state index is 13.1. The van der Waals surface area contributed by atoms with Gasteiger partial charge in [0.1, 0.15) is 6.10 Å². The number of rotatable bonds is 9. The molecule has 144 valence electrons. The molecule has 0 aliphatic carbocycles. The Hall–Kier alpha value is -2.40. The van der Waals surface area contributed by atoms with Gasteiger partial charge in [0.05, 0.1) is 4.90 Å². The van der Waals surface area contributed by atoms with Gasteiger partial charge < -0.3 is 4.74 Å². The van der Waals surface area contributed by atoms with Crippen LogP contribution in [0.25, 0.3) is 0 Å². The minimum absolute atomic E-state index is 0.258. The molecule has 0 aromatic heterocycles. The summed E-state index contributed by atoms with van der Waals surface area (Å²) in [6.07, 6.45) is 3.44. The summed E-state index contributed by atoms with van der Waals surface area (Å²) in [6.45, 7) is 3.35. The molecule has 0 bridgehead atoms. The molecular weight excluding hydrogens is 360 g/mol. The fourth-order valence-corrected chi connectivity index (χ4v) is 4.37. The highest BCUT2D eigenvalue weighted by atomic mass is 32.2. The zero-order valence-corrected chi connectivity index (χ0v) is 16.6. The number of esters is 1. The molecule has 4 nitrogen and oxygen atoms in total. The van der Waals surface area contributed by atoms with Gasteiger partial charge in [-0.2, -0.15) is 0 Å². The second kappa shape index (κ2) is 10.1. The lowest BCUT2D eigenvalue weighted by Gasteiger charge is -2.17. The Morgan fingerprint density at radius 3 is 2.19 bits per heavy atom. The third-order valence-electron chi connectivity index (χ3n) is 4.14. The summed E-state index contributed by atoms with van der Waals surface area (Å²) in [4.78, 5) is 12.1. The molecule has 0 heterocycles. The summed E-state index contributed by atoms with van der Waals surface area (Å²) >= 11 is 0. The molecule has 0 aliphatic rings. The number of allylic oxidation sites excluding steroid dienone is 1. The van der Waals surface area contributed by atoms with Crippen LogP contribution in [0.5, 0.6) is 0 Å². The van der Waals surface area contributed by atoms with Crippen molar-refractivity contribution in [1.82, 2.24) is 0 Å². The number of carbonyl (C=O) groups excluding carboxylic acids is 1. The lowest BCUT2D eigenvalue weighted by atomic mass is 10.1. The van der Waals surface area contributed by atoms with E-state index in [1.54, 1.807) is 36.4 Å². The van der Waals surface area contributed by atoms with Crippen LogP contribution in [0.15, 0.2) is 76.5 Å². The SMILES string of the molecule is CCCC/C(=C/C(Cc1ccccc1)OC(C)=O)S(=O)(=O)c1ccccc1. The van der Waals surface area contributed by atoms with Crippen LogP contribution in [0.4, 0.5) is 0 Å². The third-order valence-corrected chi connectivity index (χ3v) is 6.07. The number of unbranched alkanes of at least 4 members (excludes halogenated alkanes) is 1. The Balaban J connectivity index is 2.40. The number of ether oxygens (including phenoxy) is 1. The highest BCUT2D eigenvalue weighted by Crippen LogP contribution is 2.25. The van der Waals surface area contributed by atoms with E-state index in [1.165, 1.54) is 6.92 Å². The van der Waals surface area contributed by atoms with Gasteiger partial charge in [0.2, 0.25) is 9.84 Å². The first kappa shape index (κ1) is 20.9. The van der Waals surface area contributed by atoms with Crippen molar-refractivity contribution in [1.29, 1.82) is 0 Å². The van der Waals surface area contributed by atoms with Crippen molar-refractivity contribution in [2.45, 2.75) is 50.5 Å². The highest BCUT2D eigenvalue weighted by Gasteiger charge is 2.22. The molecule has 5 heteroatoms. The molecule has 2 aromatic rings. The van der Waals surface area contributed by atoms with Crippen LogP contribution in [0, 0.1) is 0 Å². The average Bonchev–Trinajstić information content (AvgIpc) is 2.66. The van der Waals surface area contributed by atoms with E-state index < -0.39 is 21.9 Å². The first-order chi connectivity index (χ1) is 12.9. The third kappa shape index (κ3) is 6.36. The van der Waals surface area contributed by atoms with E-state index >= 15 is 0 Å². The van der Waals surface area contributed by atoms with Crippen LogP contribution in [0.1, 0.15) is 38.7 Å². The van der Waals surface area contributed by atoms with Crippen LogP contribution in [-0.2, 0) is 25.8 Å². The molecule has 0 saturated heterocycles. The van der Waals surface area contributed by atoms with E-state index in [4.69, 9.17) is 4.74 Å². The van der Waals surface area contributed by atoms with Gasteiger partial charge in [-0.05, 0) is 36.6 Å². The van der Waals surface area contributed by atoms with E-state index in [9.17, 15) is 13.2 Å². The first-order valence-corrected chi connectivity index (χ1v) is 10.6. The van der Waals surface area contributed by atoms with Gasteiger partial charge >= 0.3 is 5.97 Å². The predicted octanol–water partition coefficient (Wildman–Crippen LogP) is 4.71. The molecule has 1 atom stereocenters. The van der Waals surface area contributed by atoms with E-state index in [1.807, 2.05) is 37.3 Å². The molecule has 0 aliphatic heterocycles. The van der Waals surface area contributed by atoms with E-state index in [-0.39, 0.29) is 4.90 Å². The van der Waals surface area contributed by atoms with Crippen LogP contribution in [0.3, 0.4) is 0 Å². The van der Waals surface area contributed by atoms with Gasteiger partial charge in [-0.1, -0.05) is 61.9 Å². The van der Waals surface area contributed by atoms with Crippen LogP contribution >= 0.6 is 0 Å². The number of benzene rings is 2. The summed E-state index contributed by atoms with van der Waals surface area (Å²) in [5, 5.41) is 0. The molecular formula is C22H26O4S. The number of carbonyl (C=O) groups is 1.